The Kier molecular flexibility index (Phi) is 11.0. The van der Waals surface area contributed by atoms with Crippen LogP contribution in [0.2, 0.25) is 0 Å². The normalized spacial score (nSPS) is 19.1. The zero-order valence-electron chi connectivity index (χ0n) is 27.8. The Morgan fingerprint density at radius 2 is 1.94 bits per heavy atom. The largest absolute Gasteiger partial charge is 0.406 e. The molecule has 3 N–H and O–H groups in total. The van der Waals surface area contributed by atoms with Crippen molar-refractivity contribution in [2.75, 3.05) is 31.5 Å². The summed E-state index contributed by atoms with van der Waals surface area (Å²) in [5, 5.41) is 10.4. The topological polar surface area (TPSA) is 65.7 Å². The van der Waals surface area contributed by atoms with Crippen molar-refractivity contribution in [3.63, 3.8) is 0 Å². The standard InChI is InChI=1S/C33H38F4N6S.C3H8/c1-4-11-32(12-13-32)30-9-8-29(44-30)21(3)39-16-22-17-40-31(41-22)28-15-23-26(42-25-10-14-38-18-24(34)20(25)2)6-5-7-27(23)43(28)19-33(35,36)37;1-3-2/h5-9,15,24,38-39,42H,3-4,10-14,16-19H2,1-2H3;3H2,1-2H3. The van der Waals surface area contributed by atoms with E-state index in [1.807, 2.05) is 0 Å². The van der Waals surface area contributed by atoms with Gasteiger partial charge in [0.15, 0.2) is 5.84 Å². The molecule has 47 heavy (non-hydrogen) atoms. The molecule has 1 fully saturated rings. The van der Waals surface area contributed by atoms with Crippen LogP contribution in [0.3, 0.4) is 0 Å². The first kappa shape index (κ1) is 34.9. The summed E-state index contributed by atoms with van der Waals surface area (Å²) in [4.78, 5) is 11.7. The molecule has 1 atom stereocenters. The van der Waals surface area contributed by atoms with E-state index in [1.54, 1.807) is 42.5 Å². The van der Waals surface area contributed by atoms with Crippen molar-refractivity contribution in [1.82, 2.24) is 15.2 Å². The van der Waals surface area contributed by atoms with Crippen molar-refractivity contribution >= 4 is 45.2 Å². The molecule has 1 saturated carbocycles. The van der Waals surface area contributed by atoms with Gasteiger partial charge in [-0.25, -0.2) is 9.38 Å². The molecule has 1 aliphatic carbocycles. The molecular weight excluding hydrogens is 624 g/mol. The van der Waals surface area contributed by atoms with Crippen LogP contribution >= 0.6 is 11.3 Å². The molecule has 6 nitrogen and oxygen atoms in total. The molecule has 11 heteroatoms. The number of aromatic nitrogens is 1. The van der Waals surface area contributed by atoms with Crippen LogP contribution < -0.4 is 16.0 Å². The van der Waals surface area contributed by atoms with Gasteiger partial charge in [-0.1, -0.05) is 46.3 Å². The molecule has 2 aromatic heterocycles. The van der Waals surface area contributed by atoms with Crippen LogP contribution in [0.5, 0.6) is 0 Å². The zero-order valence-corrected chi connectivity index (χ0v) is 28.6. The van der Waals surface area contributed by atoms with Gasteiger partial charge in [-0.05, 0) is 68.5 Å². The van der Waals surface area contributed by atoms with E-state index in [0.717, 1.165) is 22.0 Å². The zero-order chi connectivity index (χ0) is 33.8. The van der Waals surface area contributed by atoms with E-state index in [4.69, 9.17) is 0 Å². The van der Waals surface area contributed by atoms with Gasteiger partial charge in [0, 0.05) is 50.7 Å². The van der Waals surface area contributed by atoms with E-state index in [1.165, 1.54) is 41.5 Å². The van der Waals surface area contributed by atoms with Crippen LogP contribution in [0, 0.1) is 0 Å². The van der Waals surface area contributed by atoms with E-state index < -0.39 is 18.9 Å². The molecule has 0 spiro atoms. The lowest BCUT2D eigenvalue weighted by Gasteiger charge is -2.15. The number of fused-ring (bicyclic) bond motifs is 1. The van der Waals surface area contributed by atoms with Crippen LogP contribution in [0.15, 0.2) is 64.2 Å². The van der Waals surface area contributed by atoms with Crippen LogP contribution in [0.1, 0.15) is 81.7 Å². The van der Waals surface area contributed by atoms with Gasteiger partial charge in [0.05, 0.1) is 30.0 Å². The molecule has 0 saturated heterocycles. The number of amidine groups is 1. The Balaban J connectivity index is 0.00000139. The highest BCUT2D eigenvalue weighted by atomic mass is 32.1. The number of benzene rings is 1. The van der Waals surface area contributed by atoms with Gasteiger partial charge in [-0.3, -0.25) is 4.99 Å². The number of nitrogens with one attached hydrogen (secondary N) is 3. The first-order valence-electron chi connectivity index (χ1n) is 16.6. The van der Waals surface area contributed by atoms with Crippen molar-refractivity contribution in [3.8, 4) is 0 Å². The fraction of sp³-hybridized carbons (Fsp3) is 0.500. The van der Waals surface area contributed by atoms with E-state index >= 15 is 0 Å². The molecule has 6 rings (SSSR count). The summed E-state index contributed by atoms with van der Waals surface area (Å²) < 4.78 is 57.2. The summed E-state index contributed by atoms with van der Waals surface area (Å²) in [6.07, 6.45) is 1.12. The SMILES string of the molecule is C=C(NCC1=NC(c2cc3c(NC4=C(C)C(F)CNCC4)cccc3n2CC(F)(F)F)=NC1)c1ccc(C2(CCC)CC2)s1.CCC. The Bertz CT molecular complexity index is 1670. The number of anilines is 1. The van der Waals surface area contributed by atoms with Gasteiger partial charge in [0.2, 0.25) is 0 Å². The first-order chi connectivity index (χ1) is 22.5. The number of alkyl halides is 4. The maximum Gasteiger partial charge on any atom is 0.406 e. The van der Waals surface area contributed by atoms with Crippen molar-refractivity contribution in [3.05, 3.63) is 69.7 Å². The highest BCUT2D eigenvalue weighted by Crippen LogP contribution is 2.54. The minimum Gasteiger partial charge on any atom is -0.379 e. The molecule has 3 aliphatic rings. The molecule has 1 unspecified atom stereocenters. The summed E-state index contributed by atoms with van der Waals surface area (Å²) in [6, 6.07) is 11.2. The van der Waals surface area contributed by atoms with E-state index in [2.05, 4.69) is 65.4 Å². The number of thiophene rings is 1. The lowest BCUT2D eigenvalue weighted by Crippen LogP contribution is -2.22. The number of aliphatic imine (C=N–C) groups is 2. The van der Waals surface area contributed by atoms with Crippen molar-refractivity contribution in [1.29, 1.82) is 0 Å². The van der Waals surface area contributed by atoms with Crippen LogP contribution in [0.25, 0.3) is 16.6 Å². The summed E-state index contributed by atoms with van der Waals surface area (Å²) in [5.74, 6) is 0.269. The van der Waals surface area contributed by atoms with Gasteiger partial charge in [-0.15, -0.1) is 11.3 Å². The molecule has 2 aliphatic heterocycles. The predicted molar refractivity (Wildman–Crippen MR) is 189 cm³/mol. The Hall–Kier alpha value is -3.44. The van der Waals surface area contributed by atoms with Gasteiger partial charge < -0.3 is 20.5 Å². The average Bonchev–Trinajstić information content (AvgIpc) is 3.35. The molecule has 4 heterocycles. The summed E-state index contributed by atoms with van der Waals surface area (Å²) in [7, 11) is 0. The van der Waals surface area contributed by atoms with E-state index in [9.17, 15) is 17.6 Å². The van der Waals surface area contributed by atoms with Crippen molar-refractivity contribution < 1.29 is 17.6 Å². The molecule has 254 valence electrons. The Morgan fingerprint density at radius 3 is 2.64 bits per heavy atom. The monoisotopic (exact) mass is 670 g/mol. The lowest BCUT2D eigenvalue weighted by molar-refractivity contribution is -0.139. The maximum absolute atomic E-state index is 14.6. The number of nitrogens with zero attached hydrogens (tertiary/aromatic N) is 3. The number of hydrogen-bond acceptors (Lipinski definition) is 6. The minimum atomic E-state index is -4.45. The number of hydrogen-bond donors (Lipinski definition) is 3. The van der Waals surface area contributed by atoms with E-state index in [0.29, 0.717) is 59.3 Å². The van der Waals surface area contributed by atoms with Crippen LogP contribution in [-0.4, -0.2) is 54.6 Å². The second-order valence-electron chi connectivity index (χ2n) is 12.7. The third-order valence-electron chi connectivity index (χ3n) is 8.81. The summed E-state index contributed by atoms with van der Waals surface area (Å²) in [5.41, 5.74) is 4.54. The molecule has 1 aromatic carbocycles. The summed E-state index contributed by atoms with van der Waals surface area (Å²) >= 11 is 1.78. The lowest BCUT2D eigenvalue weighted by atomic mass is 9.99. The van der Waals surface area contributed by atoms with Gasteiger partial charge in [-0.2, -0.15) is 13.2 Å². The third kappa shape index (κ3) is 8.17. The van der Waals surface area contributed by atoms with Crippen LogP contribution in [-0.2, 0) is 12.0 Å². The smallest absolute Gasteiger partial charge is 0.379 e. The Labute approximate surface area is 279 Å². The highest BCUT2D eigenvalue weighted by Gasteiger charge is 2.44. The van der Waals surface area contributed by atoms with Gasteiger partial charge >= 0.3 is 6.18 Å². The fourth-order valence-corrected chi connectivity index (χ4v) is 7.41. The van der Waals surface area contributed by atoms with Gasteiger partial charge in [0.1, 0.15) is 12.7 Å². The van der Waals surface area contributed by atoms with E-state index in [-0.39, 0.29) is 12.4 Å². The molecule has 0 amide bonds. The summed E-state index contributed by atoms with van der Waals surface area (Å²) in [6.45, 7) is 12.8. The number of halogens is 4. The first-order valence-corrected chi connectivity index (χ1v) is 17.4. The minimum absolute atomic E-state index is 0.240. The maximum atomic E-state index is 14.6. The molecule has 0 radical (unpaired) electrons. The molecular formula is C36H46F4N6S. The molecule has 0 bridgehead atoms. The quantitative estimate of drug-likeness (QED) is 0.179. The second kappa shape index (κ2) is 14.8. The third-order valence-corrected chi connectivity index (χ3v) is 10.2. The number of rotatable bonds is 11. The fourth-order valence-electron chi connectivity index (χ4n) is 6.18. The predicted octanol–water partition coefficient (Wildman–Crippen LogP) is 8.99. The van der Waals surface area contributed by atoms with Gasteiger partial charge in [0.25, 0.3) is 0 Å². The van der Waals surface area contributed by atoms with Crippen molar-refractivity contribution in [2.24, 2.45) is 9.98 Å². The van der Waals surface area contributed by atoms with Crippen LogP contribution in [0.4, 0.5) is 23.2 Å². The molecule has 3 aromatic rings. The average molecular weight is 671 g/mol. The second-order valence-corrected chi connectivity index (χ2v) is 13.8. The Morgan fingerprint density at radius 1 is 1.17 bits per heavy atom. The highest BCUT2D eigenvalue weighted by molar-refractivity contribution is 7.13. The van der Waals surface area contributed by atoms with Crippen molar-refractivity contribution in [2.45, 2.75) is 90.5 Å².